The first-order chi connectivity index (χ1) is 12.8. The van der Waals surface area contributed by atoms with Gasteiger partial charge in [-0.15, -0.1) is 0 Å². The van der Waals surface area contributed by atoms with Crippen LogP contribution in [0.3, 0.4) is 0 Å². The second-order valence-electron chi connectivity index (χ2n) is 6.50. The molecule has 2 amide bonds. The second kappa shape index (κ2) is 7.52. The third-order valence-electron chi connectivity index (χ3n) is 4.65. The van der Waals surface area contributed by atoms with E-state index in [1.165, 1.54) is 11.8 Å². The van der Waals surface area contributed by atoms with Crippen molar-refractivity contribution < 1.29 is 18.0 Å². The van der Waals surface area contributed by atoms with Gasteiger partial charge in [-0.25, -0.2) is 8.42 Å². The van der Waals surface area contributed by atoms with Crippen LogP contribution in [0.2, 0.25) is 0 Å². The molecule has 2 aromatic rings. The van der Waals surface area contributed by atoms with Crippen LogP contribution < -0.4 is 10.2 Å². The van der Waals surface area contributed by atoms with Crippen molar-refractivity contribution in [3.05, 3.63) is 59.7 Å². The van der Waals surface area contributed by atoms with Gasteiger partial charge in [0.15, 0.2) is 9.84 Å². The number of carbonyl (C=O) groups excluding carboxylic acids is 2. The monoisotopic (exact) mass is 386 g/mol. The first-order valence-corrected chi connectivity index (χ1v) is 10.5. The molecule has 1 heterocycles. The highest BCUT2D eigenvalue weighted by Crippen LogP contribution is 2.36. The average molecular weight is 386 g/mol. The topological polar surface area (TPSA) is 83.6 Å². The number of sulfone groups is 1. The van der Waals surface area contributed by atoms with Gasteiger partial charge in [-0.05, 0) is 30.2 Å². The molecular formula is C20H22N2O4S. The molecule has 6 nitrogen and oxygen atoms in total. The molecule has 1 atom stereocenters. The first kappa shape index (κ1) is 19.1. The molecule has 0 unspecified atom stereocenters. The summed E-state index contributed by atoms with van der Waals surface area (Å²) in [4.78, 5) is 26.1. The lowest BCUT2D eigenvalue weighted by Crippen LogP contribution is -2.38. The molecule has 0 fully saturated rings. The van der Waals surface area contributed by atoms with Crippen LogP contribution in [-0.4, -0.2) is 32.5 Å². The minimum Gasteiger partial charge on any atom is -0.341 e. The van der Waals surface area contributed by atoms with E-state index >= 15 is 0 Å². The van der Waals surface area contributed by atoms with Crippen LogP contribution >= 0.6 is 0 Å². The van der Waals surface area contributed by atoms with Gasteiger partial charge in [0, 0.05) is 24.7 Å². The summed E-state index contributed by atoms with van der Waals surface area (Å²) in [6.07, 6.45) is 0.802. The molecule has 0 radical (unpaired) electrons. The highest BCUT2D eigenvalue weighted by Gasteiger charge is 2.38. The average Bonchev–Trinajstić information content (AvgIpc) is 2.91. The molecule has 7 heteroatoms. The van der Waals surface area contributed by atoms with Crippen molar-refractivity contribution in [2.24, 2.45) is 0 Å². The Morgan fingerprint density at radius 3 is 2.48 bits per heavy atom. The molecule has 0 aromatic heterocycles. The summed E-state index contributed by atoms with van der Waals surface area (Å²) in [5.41, 5.74) is 2.42. The number of aryl methyl sites for hydroxylation is 1. The van der Waals surface area contributed by atoms with Crippen LogP contribution in [0.5, 0.6) is 0 Å². The summed E-state index contributed by atoms with van der Waals surface area (Å²) in [7, 11) is -3.51. The normalized spacial score (nSPS) is 16.3. The molecule has 142 valence electrons. The Labute approximate surface area is 159 Å². The number of nitrogens with one attached hydrogen (secondary N) is 1. The van der Waals surface area contributed by atoms with Crippen LogP contribution in [-0.2, 0) is 25.8 Å². The second-order valence-corrected chi connectivity index (χ2v) is 8.61. The number of hydrogen-bond donors (Lipinski definition) is 1. The number of hydrogen-bond acceptors (Lipinski definition) is 4. The van der Waals surface area contributed by atoms with E-state index in [0.717, 1.165) is 12.0 Å². The molecule has 0 spiro atoms. The van der Waals surface area contributed by atoms with E-state index < -0.39 is 15.9 Å². The van der Waals surface area contributed by atoms with Crippen molar-refractivity contribution in [1.82, 2.24) is 5.32 Å². The number of amides is 2. The Kier molecular flexibility index (Phi) is 5.32. The molecule has 0 bridgehead atoms. The summed E-state index contributed by atoms with van der Waals surface area (Å²) < 4.78 is 25.1. The van der Waals surface area contributed by atoms with Crippen molar-refractivity contribution in [3.8, 4) is 0 Å². The predicted octanol–water partition coefficient (Wildman–Crippen LogP) is 2.25. The summed E-state index contributed by atoms with van der Waals surface area (Å²) in [5, 5.41) is 2.68. The van der Waals surface area contributed by atoms with Crippen LogP contribution in [0.15, 0.2) is 53.4 Å². The molecule has 1 aliphatic heterocycles. The van der Waals surface area contributed by atoms with Gasteiger partial charge in [-0.1, -0.05) is 37.3 Å². The third kappa shape index (κ3) is 3.88. The molecule has 3 rings (SSSR count). The van der Waals surface area contributed by atoms with E-state index in [1.807, 2.05) is 25.1 Å². The summed E-state index contributed by atoms with van der Waals surface area (Å²) in [5.74, 6) is -0.804. The number of rotatable bonds is 6. The third-order valence-corrected chi connectivity index (χ3v) is 6.36. The Morgan fingerprint density at radius 1 is 1.15 bits per heavy atom. The minimum atomic E-state index is -3.51. The SMILES string of the molecule is CCc1ccc2c(c1)[C@@H](NC(C)=O)C(=O)N2CCS(=O)(=O)c1ccccc1. The summed E-state index contributed by atoms with van der Waals surface area (Å²) in [6, 6.07) is 13.0. The largest absolute Gasteiger partial charge is 0.341 e. The molecule has 27 heavy (non-hydrogen) atoms. The summed E-state index contributed by atoms with van der Waals surface area (Å²) in [6.45, 7) is 3.40. The summed E-state index contributed by atoms with van der Waals surface area (Å²) >= 11 is 0. The number of carbonyl (C=O) groups is 2. The van der Waals surface area contributed by atoms with Crippen molar-refractivity contribution in [1.29, 1.82) is 0 Å². The van der Waals surface area contributed by atoms with Crippen LogP contribution in [0, 0.1) is 0 Å². The van der Waals surface area contributed by atoms with E-state index in [0.29, 0.717) is 11.3 Å². The maximum absolute atomic E-state index is 12.9. The molecule has 1 aliphatic rings. The van der Waals surface area contributed by atoms with Crippen molar-refractivity contribution in [3.63, 3.8) is 0 Å². The Bertz CT molecular complexity index is 971. The fourth-order valence-electron chi connectivity index (χ4n) is 3.24. The van der Waals surface area contributed by atoms with Crippen LogP contribution in [0.4, 0.5) is 5.69 Å². The quantitative estimate of drug-likeness (QED) is 0.825. The van der Waals surface area contributed by atoms with Gasteiger partial charge >= 0.3 is 0 Å². The molecule has 1 N–H and O–H groups in total. The lowest BCUT2D eigenvalue weighted by Gasteiger charge is -2.18. The maximum Gasteiger partial charge on any atom is 0.254 e. The fraction of sp³-hybridized carbons (Fsp3) is 0.300. The van der Waals surface area contributed by atoms with Gasteiger partial charge in [0.1, 0.15) is 6.04 Å². The van der Waals surface area contributed by atoms with Gasteiger partial charge in [-0.3, -0.25) is 9.59 Å². The van der Waals surface area contributed by atoms with E-state index in [9.17, 15) is 18.0 Å². The van der Waals surface area contributed by atoms with Gasteiger partial charge in [0.25, 0.3) is 5.91 Å². The first-order valence-electron chi connectivity index (χ1n) is 8.82. The van der Waals surface area contributed by atoms with Crippen molar-refractivity contribution in [2.45, 2.75) is 31.2 Å². The highest BCUT2D eigenvalue weighted by molar-refractivity contribution is 7.91. The van der Waals surface area contributed by atoms with Gasteiger partial charge < -0.3 is 10.2 Å². The fourth-order valence-corrected chi connectivity index (χ4v) is 4.47. The van der Waals surface area contributed by atoms with Gasteiger partial charge in [0.2, 0.25) is 5.91 Å². The molecule has 2 aromatic carbocycles. The van der Waals surface area contributed by atoms with Gasteiger partial charge in [0.05, 0.1) is 10.6 Å². The molecule has 0 saturated heterocycles. The Morgan fingerprint density at radius 2 is 1.85 bits per heavy atom. The zero-order valence-corrected chi connectivity index (χ0v) is 16.1. The van der Waals surface area contributed by atoms with Crippen molar-refractivity contribution in [2.75, 3.05) is 17.2 Å². The molecule has 0 aliphatic carbocycles. The van der Waals surface area contributed by atoms with E-state index in [2.05, 4.69) is 5.32 Å². The zero-order valence-electron chi connectivity index (χ0n) is 15.3. The molecular weight excluding hydrogens is 364 g/mol. The van der Waals surface area contributed by atoms with E-state index in [4.69, 9.17) is 0 Å². The number of fused-ring (bicyclic) bond motifs is 1. The standard InChI is InChI=1S/C20H22N2O4S/c1-3-15-9-10-18-17(13-15)19(21-14(2)23)20(24)22(18)11-12-27(25,26)16-7-5-4-6-8-16/h4-10,13,19H,3,11-12H2,1-2H3,(H,21,23)/t19-/m1/s1. The van der Waals surface area contributed by atoms with E-state index in [-0.39, 0.29) is 29.0 Å². The van der Waals surface area contributed by atoms with Crippen LogP contribution in [0.1, 0.15) is 31.0 Å². The number of anilines is 1. The van der Waals surface area contributed by atoms with Gasteiger partial charge in [-0.2, -0.15) is 0 Å². The number of benzene rings is 2. The maximum atomic E-state index is 12.9. The number of nitrogens with zero attached hydrogens (tertiary/aromatic N) is 1. The lowest BCUT2D eigenvalue weighted by molar-refractivity contribution is -0.126. The van der Waals surface area contributed by atoms with Crippen LogP contribution in [0.25, 0.3) is 0 Å². The van der Waals surface area contributed by atoms with E-state index in [1.54, 1.807) is 30.3 Å². The van der Waals surface area contributed by atoms with Crippen molar-refractivity contribution >= 4 is 27.3 Å². The Balaban J connectivity index is 1.88. The minimum absolute atomic E-state index is 0.0324. The highest BCUT2D eigenvalue weighted by atomic mass is 32.2. The predicted molar refractivity (Wildman–Crippen MR) is 103 cm³/mol. The smallest absolute Gasteiger partial charge is 0.254 e. The zero-order chi connectivity index (χ0) is 19.6. The lowest BCUT2D eigenvalue weighted by atomic mass is 10.0. The molecule has 0 saturated carbocycles. The Hall–Kier alpha value is -2.67.